The molecule has 112 valence electrons. The highest BCUT2D eigenvalue weighted by Gasteiger charge is 2.16. The van der Waals surface area contributed by atoms with Gasteiger partial charge in [0.15, 0.2) is 11.6 Å². The highest BCUT2D eigenvalue weighted by molar-refractivity contribution is 6.36. The molecule has 0 saturated heterocycles. The number of rotatable bonds is 5. The lowest BCUT2D eigenvalue weighted by Crippen LogP contribution is -2.30. The van der Waals surface area contributed by atoms with E-state index in [0.29, 0.717) is 28.5 Å². The fourth-order valence-electron chi connectivity index (χ4n) is 2.22. The summed E-state index contributed by atoms with van der Waals surface area (Å²) in [5.41, 5.74) is 1.13. The summed E-state index contributed by atoms with van der Waals surface area (Å²) in [5, 5.41) is 4.24. The van der Waals surface area contributed by atoms with Crippen LogP contribution >= 0.6 is 23.2 Å². The second-order valence-electron chi connectivity index (χ2n) is 4.81. The molecule has 1 N–H and O–H groups in total. The maximum Gasteiger partial charge on any atom is 0.162 e. The molecule has 0 heterocycles. The molecule has 0 aliphatic carbocycles. The molecule has 0 spiro atoms. The number of hydrogen-bond acceptors (Lipinski definition) is 1. The largest absolute Gasteiger partial charge is 0.316 e. The molecular weight excluding hydrogens is 315 g/mol. The molecule has 0 bridgehead atoms. The summed E-state index contributed by atoms with van der Waals surface area (Å²) in [7, 11) is 1.77. The number of nitrogens with one attached hydrogen (secondary N) is 1. The SMILES string of the molecule is CNC(Cc1cccc(F)c1F)Cc1c(Cl)cccc1Cl. The molecule has 0 fully saturated rings. The van der Waals surface area contributed by atoms with Crippen molar-refractivity contribution in [2.24, 2.45) is 0 Å². The van der Waals surface area contributed by atoms with Gasteiger partial charge in [0, 0.05) is 16.1 Å². The first-order valence-corrected chi connectivity index (χ1v) is 7.31. The maximum absolute atomic E-state index is 13.7. The Hall–Kier alpha value is -1.16. The van der Waals surface area contributed by atoms with Gasteiger partial charge < -0.3 is 5.32 Å². The zero-order chi connectivity index (χ0) is 15.4. The smallest absolute Gasteiger partial charge is 0.162 e. The first kappa shape index (κ1) is 16.2. The van der Waals surface area contributed by atoms with E-state index in [-0.39, 0.29) is 6.04 Å². The van der Waals surface area contributed by atoms with Crippen LogP contribution in [-0.2, 0) is 12.8 Å². The molecule has 21 heavy (non-hydrogen) atoms. The highest BCUT2D eigenvalue weighted by Crippen LogP contribution is 2.26. The summed E-state index contributed by atoms with van der Waals surface area (Å²) in [6, 6.07) is 9.39. The topological polar surface area (TPSA) is 12.0 Å². The molecule has 0 aliphatic heterocycles. The van der Waals surface area contributed by atoms with Crippen LogP contribution in [0.15, 0.2) is 36.4 Å². The monoisotopic (exact) mass is 329 g/mol. The van der Waals surface area contributed by atoms with Crippen LogP contribution in [0.2, 0.25) is 10.0 Å². The van der Waals surface area contributed by atoms with Crippen LogP contribution in [0.25, 0.3) is 0 Å². The Balaban J connectivity index is 2.19. The Morgan fingerprint density at radius 1 is 1.00 bits per heavy atom. The third kappa shape index (κ3) is 3.94. The van der Waals surface area contributed by atoms with Gasteiger partial charge in [0.1, 0.15) is 0 Å². The van der Waals surface area contributed by atoms with Crippen LogP contribution in [0.5, 0.6) is 0 Å². The van der Waals surface area contributed by atoms with Crippen molar-refractivity contribution in [3.63, 3.8) is 0 Å². The molecule has 5 heteroatoms. The molecule has 2 aromatic carbocycles. The van der Waals surface area contributed by atoms with Crippen LogP contribution in [0.4, 0.5) is 8.78 Å². The molecule has 2 aromatic rings. The van der Waals surface area contributed by atoms with Gasteiger partial charge in [0.25, 0.3) is 0 Å². The van der Waals surface area contributed by atoms with Crippen LogP contribution in [0.1, 0.15) is 11.1 Å². The molecule has 1 unspecified atom stereocenters. The molecule has 1 nitrogen and oxygen atoms in total. The van der Waals surface area contributed by atoms with E-state index in [1.165, 1.54) is 6.07 Å². The zero-order valence-electron chi connectivity index (χ0n) is 11.5. The first-order valence-electron chi connectivity index (χ1n) is 6.56. The van der Waals surface area contributed by atoms with Crippen LogP contribution < -0.4 is 5.32 Å². The normalized spacial score (nSPS) is 12.4. The Morgan fingerprint density at radius 3 is 2.24 bits per heavy atom. The predicted octanol–water partition coefficient (Wildman–Crippen LogP) is 4.64. The molecule has 0 aromatic heterocycles. The van der Waals surface area contributed by atoms with Crippen molar-refractivity contribution < 1.29 is 8.78 Å². The van der Waals surface area contributed by atoms with Crippen molar-refractivity contribution in [1.29, 1.82) is 0 Å². The van der Waals surface area contributed by atoms with Gasteiger partial charge in [0.2, 0.25) is 0 Å². The molecule has 2 rings (SSSR count). The van der Waals surface area contributed by atoms with E-state index < -0.39 is 11.6 Å². The first-order chi connectivity index (χ1) is 10.0. The lowest BCUT2D eigenvalue weighted by Gasteiger charge is -2.18. The lowest BCUT2D eigenvalue weighted by atomic mass is 9.98. The van der Waals surface area contributed by atoms with Gasteiger partial charge in [-0.25, -0.2) is 8.78 Å². The third-order valence-electron chi connectivity index (χ3n) is 3.42. The van der Waals surface area contributed by atoms with E-state index in [9.17, 15) is 8.78 Å². The number of likely N-dealkylation sites (N-methyl/N-ethyl adjacent to an activating group) is 1. The minimum atomic E-state index is -0.835. The molecule has 0 aliphatic rings. The van der Waals surface area contributed by atoms with Gasteiger partial charge in [-0.05, 0) is 49.2 Å². The summed E-state index contributed by atoms with van der Waals surface area (Å²) in [6.07, 6.45) is 0.882. The molecule has 0 radical (unpaired) electrons. The summed E-state index contributed by atoms with van der Waals surface area (Å²) in [5.74, 6) is -1.64. The van der Waals surface area contributed by atoms with Crippen molar-refractivity contribution in [2.45, 2.75) is 18.9 Å². The Morgan fingerprint density at radius 2 is 1.62 bits per heavy atom. The average molecular weight is 330 g/mol. The summed E-state index contributed by atoms with van der Waals surface area (Å²) >= 11 is 12.3. The van der Waals surface area contributed by atoms with Gasteiger partial charge in [0.05, 0.1) is 0 Å². The van der Waals surface area contributed by atoms with Crippen molar-refractivity contribution in [3.8, 4) is 0 Å². The van der Waals surface area contributed by atoms with E-state index in [4.69, 9.17) is 23.2 Å². The van der Waals surface area contributed by atoms with E-state index >= 15 is 0 Å². The standard InChI is InChI=1S/C16H15Cl2F2N/c1-21-11(8-10-4-2-7-15(19)16(10)20)9-12-13(17)5-3-6-14(12)18/h2-7,11,21H,8-9H2,1H3. The van der Waals surface area contributed by atoms with Crippen LogP contribution in [0.3, 0.4) is 0 Å². The van der Waals surface area contributed by atoms with E-state index in [1.807, 2.05) is 0 Å². The second kappa shape index (κ2) is 7.21. The van der Waals surface area contributed by atoms with E-state index in [0.717, 1.165) is 11.6 Å². The second-order valence-corrected chi connectivity index (χ2v) is 5.62. The van der Waals surface area contributed by atoms with E-state index in [1.54, 1.807) is 31.3 Å². The molecule has 0 saturated carbocycles. The van der Waals surface area contributed by atoms with E-state index in [2.05, 4.69) is 5.32 Å². The molecule has 0 amide bonds. The quantitative estimate of drug-likeness (QED) is 0.842. The van der Waals surface area contributed by atoms with Crippen LogP contribution in [-0.4, -0.2) is 13.1 Å². The zero-order valence-corrected chi connectivity index (χ0v) is 13.0. The minimum Gasteiger partial charge on any atom is -0.316 e. The average Bonchev–Trinajstić information content (AvgIpc) is 2.46. The Bertz CT molecular complexity index is 611. The third-order valence-corrected chi connectivity index (χ3v) is 4.13. The highest BCUT2D eigenvalue weighted by atomic mass is 35.5. The predicted molar refractivity (Wildman–Crippen MR) is 83.1 cm³/mol. The van der Waals surface area contributed by atoms with Gasteiger partial charge in [-0.3, -0.25) is 0 Å². The Labute approximate surface area is 132 Å². The number of halogens is 4. The fourth-order valence-corrected chi connectivity index (χ4v) is 2.77. The molecular formula is C16H15Cl2F2N. The maximum atomic E-state index is 13.7. The van der Waals surface area contributed by atoms with Crippen molar-refractivity contribution >= 4 is 23.2 Å². The van der Waals surface area contributed by atoms with Crippen molar-refractivity contribution in [3.05, 3.63) is 69.2 Å². The summed E-state index contributed by atoms with van der Waals surface area (Å²) < 4.78 is 27.0. The summed E-state index contributed by atoms with van der Waals surface area (Å²) in [6.45, 7) is 0. The number of benzene rings is 2. The van der Waals surface area contributed by atoms with Crippen molar-refractivity contribution in [2.75, 3.05) is 7.05 Å². The molecule has 1 atom stereocenters. The van der Waals surface area contributed by atoms with Gasteiger partial charge in [-0.1, -0.05) is 41.4 Å². The lowest BCUT2D eigenvalue weighted by molar-refractivity contribution is 0.482. The minimum absolute atomic E-state index is 0.0984. The van der Waals surface area contributed by atoms with Gasteiger partial charge in [-0.2, -0.15) is 0 Å². The van der Waals surface area contributed by atoms with Gasteiger partial charge in [-0.15, -0.1) is 0 Å². The Kier molecular flexibility index (Phi) is 5.57. The fraction of sp³-hybridized carbons (Fsp3) is 0.250. The van der Waals surface area contributed by atoms with Crippen molar-refractivity contribution in [1.82, 2.24) is 5.32 Å². The van der Waals surface area contributed by atoms with Crippen LogP contribution in [0, 0.1) is 11.6 Å². The summed E-state index contributed by atoms with van der Waals surface area (Å²) in [4.78, 5) is 0. The number of hydrogen-bond donors (Lipinski definition) is 1. The van der Waals surface area contributed by atoms with Gasteiger partial charge >= 0.3 is 0 Å².